The van der Waals surface area contributed by atoms with Gasteiger partial charge in [-0.25, -0.2) is 0 Å². The minimum Gasteiger partial charge on any atom is -0.0991 e. The van der Waals surface area contributed by atoms with Gasteiger partial charge in [-0.15, -0.1) is 0 Å². The van der Waals surface area contributed by atoms with E-state index in [0.717, 1.165) is 0 Å². The fourth-order valence-electron chi connectivity index (χ4n) is 2.86. The third-order valence-electron chi connectivity index (χ3n) is 3.70. The summed E-state index contributed by atoms with van der Waals surface area (Å²) in [6.07, 6.45) is 8.26. The van der Waals surface area contributed by atoms with Crippen LogP contribution in [0, 0.1) is 20.8 Å². The lowest BCUT2D eigenvalue weighted by molar-refractivity contribution is 1.17. The van der Waals surface area contributed by atoms with Gasteiger partial charge in [-0.2, -0.15) is 0 Å². The van der Waals surface area contributed by atoms with Crippen molar-refractivity contribution in [2.45, 2.75) is 51.3 Å². The molecule has 0 N–H and O–H groups in total. The van der Waals surface area contributed by atoms with Crippen LogP contribution in [0.2, 0.25) is 0 Å². The van der Waals surface area contributed by atoms with Crippen LogP contribution in [-0.2, 0) is 10.9 Å². The quantitative estimate of drug-likeness (QED) is 0.391. The van der Waals surface area contributed by atoms with Crippen LogP contribution >= 0.6 is 0 Å². The standard InChI is InChI=1S/C22H25S.C2H6/c1-6-8-12-20(7-2)23(21-13-10-9-11-14-21)22-18(4)15-17(3)16-19(22)5;1-2/h6-16H,1H2,2-5H3;1-2H3/q+1;/b12-8-,20-7+;. The number of allylic oxidation sites excluding steroid dienone is 4. The van der Waals surface area contributed by atoms with Crippen molar-refractivity contribution in [2.24, 2.45) is 0 Å². The monoisotopic (exact) mass is 351 g/mol. The summed E-state index contributed by atoms with van der Waals surface area (Å²) < 4.78 is 0. The van der Waals surface area contributed by atoms with E-state index in [1.165, 1.54) is 31.4 Å². The molecule has 0 saturated carbocycles. The van der Waals surface area contributed by atoms with Crippen LogP contribution in [0.15, 0.2) is 88.0 Å². The second-order valence-electron chi connectivity index (χ2n) is 5.63. The van der Waals surface area contributed by atoms with Crippen molar-refractivity contribution >= 4 is 10.9 Å². The summed E-state index contributed by atoms with van der Waals surface area (Å²) in [6, 6.07) is 15.4. The van der Waals surface area contributed by atoms with E-state index in [1.54, 1.807) is 0 Å². The summed E-state index contributed by atoms with van der Waals surface area (Å²) in [5.41, 5.74) is 4.05. The molecule has 0 aromatic heterocycles. The Labute approximate surface area is 157 Å². The van der Waals surface area contributed by atoms with Crippen molar-refractivity contribution in [1.82, 2.24) is 0 Å². The fourth-order valence-corrected chi connectivity index (χ4v) is 5.25. The Kier molecular flexibility index (Phi) is 9.08. The first-order valence-corrected chi connectivity index (χ1v) is 10.1. The normalized spacial score (nSPS) is 12.5. The molecule has 1 heteroatoms. The van der Waals surface area contributed by atoms with E-state index in [0.29, 0.717) is 0 Å². The summed E-state index contributed by atoms with van der Waals surface area (Å²) in [4.78, 5) is 4.11. The average molecular weight is 352 g/mol. The van der Waals surface area contributed by atoms with Gasteiger partial charge in [-0.3, -0.25) is 0 Å². The van der Waals surface area contributed by atoms with E-state index in [-0.39, 0.29) is 10.9 Å². The van der Waals surface area contributed by atoms with Crippen LogP contribution in [0.25, 0.3) is 0 Å². The van der Waals surface area contributed by atoms with Crippen LogP contribution in [0.1, 0.15) is 37.5 Å². The van der Waals surface area contributed by atoms with E-state index in [1.807, 2.05) is 26.0 Å². The maximum atomic E-state index is 3.81. The van der Waals surface area contributed by atoms with Gasteiger partial charge in [0.1, 0.15) is 0 Å². The molecule has 132 valence electrons. The molecule has 1 atom stereocenters. The molecule has 0 radical (unpaired) electrons. The van der Waals surface area contributed by atoms with Gasteiger partial charge in [0.2, 0.25) is 0 Å². The van der Waals surface area contributed by atoms with E-state index >= 15 is 0 Å². The van der Waals surface area contributed by atoms with E-state index in [2.05, 4.69) is 88.9 Å². The van der Waals surface area contributed by atoms with Crippen molar-refractivity contribution in [1.29, 1.82) is 0 Å². The van der Waals surface area contributed by atoms with Gasteiger partial charge in [0.25, 0.3) is 0 Å². The minimum atomic E-state index is -0.0954. The van der Waals surface area contributed by atoms with E-state index < -0.39 is 0 Å². The Hall–Kier alpha value is -1.99. The summed E-state index contributed by atoms with van der Waals surface area (Å²) in [5, 5.41) is 0. The third kappa shape index (κ3) is 5.51. The highest BCUT2D eigenvalue weighted by atomic mass is 32.2. The number of hydrogen-bond donors (Lipinski definition) is 0. The molecule has 0 aliphatic heterocycles. The first-order chi connectivity index (χ1) is 12.1. The van der Waals surface area contributed by atoms with E-state index in [4.69, 9.17) is 0 Å². The molecule has 2 rings (SSSR count). The predicted octanol–water partition coefficient (Wildman–Crippen LogP) is 7.32. The number of rotatable bonds is 5. The van der Waals surface area contributed by atoms with E-state index in [9.17, 15) is 0 Å². The number of hydrogen-bond acceptors (Lipinski definition) is 0. The molecule has 2 aromatic rings. The largest absolute Gasteiger partial charge is 0.172 e. The fraction of sp³-hybridized carbons (Fsp3) is 0.250. The molecule has 1 unspecified atom stereocenters. The van der Waals surface area contributed by atoms with Crippen molar-refractivity contribution in [3.63, 3.8) is 0 Å². The van der Waals surface area contributed by atoms with Crippen LogP contribution < -0.4 is 0 Å². The highest BCUT2D eigenvalue weighted by Gasteiger charge is 2.32. The van der Waals surface area contributed by atoms with Crippen molar-refractivity contribution in [2.75, 3.05) is 0 Å². The van der Waals surface area contributed by atoms with Crippen LogP contribution in [0.5, 0.6) is 0 Å². The molecule has 0 amide bonds. The average Bonchev–Trinajstić information content (AvgIpc) is 2.62. The second-order valence-corrected chi connectivity index (χ2v) is 7.60. The van der Waals surface area contributed by atoms with Crippen molar-refractivity contribution in [3.8, 4) is 0 Å². The van der Waals surface area contributed by atoms with Gasteiger partial charge >= 0.3 is 0 Å². The molecule has 0 fully saturated rings. The van der Waals surface area contributed by atoms with Gasteiger partial charge in [0, 0.05) is 11.1 Å². The molecule has 2 aromatic carbocycles. The molecular formula is C24H31S+. The molecule has 0 aliphatic rings. The molecule has 0 saturated heterocycles. The van der Waals surface area contributed by atoms with Gasteiger partial charge in [-0.05, 0) is 52.0 Å². The van der Waals surface area contributed by atoms with Crippen LogP contribution in [0.4, 0.5) is 0 Å². The number of aryl methyl sites for hydroxylation is 3. The molecule has 0 aliphatic carbocycles. The molecular weight excluding hydrogens is 320 g/mol. The van der Waals surface area contributed by atoms with Gasteiger partial charge in [0.15, 0.2) is 14.7 Å². The zero-order valence-corrected chi connectivity index (χ0v) is 17.3. The maximum Gasteiger partial charge on any atom is 0.172 e. The Morgan fingerprint density at radius 3 is 2.00 bits per heavy atom. The van der Waals surface area contributed by atoms with Gasteiger partial charge < -0.3 is 0 Å². The van der Waals surface area contributed by atoms with Gasteiger partial charge in [0.05, 0.1) is 10.9 Å². The maximum absolute atomic E-state index is 3.81. The zero-order valence-electron chi connectivity index (χ0n) is 16.5. The van der Waals surface area contributed by atoms with Gasteiger partial charge in [-0.1, -0.05) is 68.5 Å². The predicted molar refractivity (Wildman–Crippen MR) is 115 cm³/mol. The smallest absolute Gasteiger partial charge is 0.0991 e. The SMILES string of the molecule is C=C/C=C\C(=C/C)[S+](c1ccccc1)c1c(C)cc(C)cc1C.CC. The lowest BCUT2D eigenvalue weighted by atomic mass is 10.1. The Bertz CT molecular complexity index is 713. The first kappa shape index (κ1) is 21.1. The summed E-state index contributed by atoms with van der Waals surface area (Å²) in [5.74, 6) is 0. The van der Waals surface area contributed by atoms with Crippen LogP contribution in [-0.4, -0.2) is 0 Å². The third-order valence-corrected chi connectivity index (χ3v) is 6.34. The summed E-state index contributed by atoms with van der Waals surface area (Å²) >= 11 is 0. The Morgan fingerprint density at radius 2 is 1.52 bits per heavy atom. The second kappa shape index (κ2) is 10.8. The van der Waals surface area contributed by atoms with Crippen molar-refractivity contribution in [3.05, 3.63) is 94.9 Å². The first-order valence-electron chi connectivity index (χ1n) is 8.91. The molecule has 0 nitrogen and oxygen atoms in total. The zero-order chi connectivity index (χ0) is 18.8. The molecule has 0 spiro atoms. The summed E-state index contributed by atoms with van der Waals surface area (Å²) in [7, 11) is -0.0954. The topological polar surface area (TPSA) is 0 Å². The number of benzene rings is 2. The Morgan fingerprint density at radius 1 is 0.960 bits per heavy atom. The molecule has 0 bridgehead atoms. The van der Waals surface area contributed by atoms with Crippen LogP contribution in [0.3, 0.4) is 0 Å². The lowest BCUT2D eigenvalue weighted by Crippen LogP contribution is -2.10. The molecule has 25 heavy (non-hydrogen) atoms. The summed E-state index contributed by atoms with van der Waals surface area (Å²) in [6.45, 7) is 16.5. The highest BCUT2D eigenvalue weighted by molar-refractivity contribution is 8.01. The highest BCUT2D eigenvalue weighted by Crippen LogP contribution is 2.35. The lowest BCUT2D eigenvalue weighted by Gasteiger charge is -2.14. The molecule has 0 heterocycles. The van der Waals surface area contributed by atoms with Crippen molar-refractivity contribution < 1.29 is 0 Å². The Balaban J connectivity index is 0.00000151. The minimum absolute atomic E-state index is 0.0954.